The summed E-state index contributed by atoms with van der Waals surface area (Å²) in [6.07, 6.45) is 5.65. The van der Waals surface area contributed by atoms with Crippen LogP contribution in [0.5, 0.6) is 11.5 Å². The number of rotatable bonds is 15. The number of nitriles is 1. The van der Waals surface area contributed by atoms with Crippen LogP contribution in [-0.2, 0) is 23.9 Å². The van der Waals surface area contributed by atoms with Gasteiger partial charge in [-0.25, -0.2) is 14.4 Å². The van der Waals surface area contributed by atoms with Crippen molar-refractivity contribution < 1.29 is 47.7 Å². The van der Waals surface area contributed by atoms with Gasteiger partial charge < -0.3 is 18.9 Å². The quantitative estimate of drug-likeness (QED) is 0.0340. The molecule has 0 bridgehead atoms. The van der Waals surface area contributed by atoms with Gasteiger partial charge in [0.15, 0.2) is 11.6 Å². The van der Waals surface area contributed by atoms with E-state index >= 15 is 0 Å². The number of fused-ring (bicyclic) bond motifs is 2. The number of nitrogens with zero attached hydrogens (tertiary/aromatic N) is 3. The van der Waals surface area contributed by atoms with E-state index in [1.165, 1.54) is 24.3 Å². The molecule has 0 radical (unpaired) electrons. The Kier molecular flexibility index (Phi) is 12.6. The van der Waals surface area contributed by atoms with Crippen LogP contribution in [0.2, 0.25) is 0 Å². The molecule has 0 N–H and O–H groups in total. The number of benzene rings is 4. The molecule has 13 heteroatoms. The summed E-state index contributed by atoms with van der Waals surface area (Å²) in [5.41, 5.74) is 2.70. The van der Waals surface area contributed by atoms with Crippen LogP contribution in [0.1, 0.15) is 103 Å². The minimum atomic E-state index is -0.511. The molecule has 306 valence electrons. The van der Waals surface area contributed by atoms with Crippen molar-refractivity contribution in [3.63, 3.8) is 0 Å². The Morgan fingerprint density at radius 3 is 2.07 bits per heavy atom. The van der Waals surface area contributed by atoms with Gasteiger partial charge in [0.1, 0.15) is 17.6 Å². The lowest BCUT2D eigenvalue weighted by Crippen LogP contribution is -2.31. The molecule has 0 spiro atoms. The molecule has 3 aliphatic rings. The lowest BCUT2D eigenvalue weighted by molar-refractivity contribution is -0.138. The van der Waals surface area contributed by atoms with Crippen molar-refractivity contribution in [2.45, 2.75) is 50.0 Å². The van der Waals surface area contributed by atoms with E-state index in [2.05, 4.69) is 11.4 Å². The monoisotopic (exact) mass is 817 g/mol. The third kappa shape index (κ3) is 9.17. The van der Waals surface area contributed by atoms with Crippen molar-refractivity contribution in [3.8, 4) is 17.6 Å². The maximum absolute atomic E-state index is 14.0. The number of esters is 2. The smallest absolute Gasteiger partial charge is 0.338 e. The number of hydrogen-bond donors (Lipinski definition) is 0. The lowest BCUT2D eigenvalue weighted by atomic mass is 9.70. The molecule has 13 nitrogen and oxygen atoms in total. The fraction of sp³-hybridized carbons (Fsp3) is 0.250. The van der Waals surface area contributed by atoms with Gasteiger partial charge in [-0.05, 0) is 103 Å². The first-order chi connectivity index (χ1) is 29.6. The van der Waals surface area contributed by atoms with Gasteiger partial charge in [-0.2, -0.15) is 5.26 Å². The van der Waals surface area contributed by atoms with E-state index in [-0.39, 0.29) is 76.9 Å². The standard InChI is InChI=1S/C48H39N3O10/c1-3-45(54)60-23-5-22-59-33-11-6-29(7-12-33)36-17-15-35(61-48(57)30-8-13-34(14-9-30)58-21-4-20-51-43(52)18-19-44(51)53)26-38(36)31-10-16-37-39(24-31)47(56)41-27-42(50-2)32(28-49)25-40(41)46(37)55/h3,6-14,16,18-19,24-25,27,35-36,38H,1,4-5,15,17,20-23,26H2. The molecule has 0 saturated heterocycles. The molecule has 1 heterocycles. The molecule has 3 unspecified atom stereocenters. The van der Waals surface area contributed by atoms with Gasteiger partial charge in [0, 0.05) is 53.4 Å². The predicted molar refractivity (Wildman–Crippen MR) is 219 cm³/mol. The fourth-order valence-corrected chi connectivity index (χ4v) is 7.88. The van der Waals surface area contributed by atoms with Crippen molar-refractivity contribution in [2.75, 3.05) is 26.4 Å². The fourth-order valence-electron chi connectivity index (χ4n) is 7.88. The second-order valence-corrected chi connectivity index (χ2v) is 14.7. The first-order valence-corrected chi connectivity index (χ1v) is 19.8. The van der Waals surface area contributed by atoms with Gasteiger partial charge in [0.25, 0.3) is 11.8 Å². The molecular formula is C48H39N3O10. The second-order valence-electron chi connectivity index (χ2n) is 14.7. The normalized spacial score (nSPS) is 17.7. The van der Waals surface area contributed by atoms with Crippen molar-refractivity contribution >= 4 is 41.0 Å². The Labute approximate surface area is 351 Å². The van der Waals surface area contributed by atoms with Crippen LogP contribution >= 0.6 is 0 Å². The zero-order chi connectivity index (χ0) is 43.0. The first kappa shape index (κ1) is 41.5. The van der Waals surface area contributed by atoms with Crippen LogP contribution in [0, 0.1) is 17.9 Å². The highest BCUT2D eigenvalue weighted by molar-refractivity contribution is 6.29. The molecular weight excluding hydrogens is 779 g/mol. The topological polar surface area (TPSA) is 171 Å². The number of carbonyl (C=O) groups is 6. The van der Waals surface area contributed by atoms with E-state index in [0.29, 0.717) is 55.8 Å². The minimum Gasteiger partial charge on any atom is -0.494 e. The summed E-state index contributed by atoms with van der Waals surface area (Å²) in [4.78, 5) is 80.5. The van der Waals surface area contributed by atoms with Gasteiger partial charge in [-0.15, -0.1) is 0 Å². The van der Waals surface area contributed by atoms with E-state index in [0.717, 1.165) is 22.1 Å². The Balaban J connectivity index is 1.07. The third-order valence-electron chi connectivity index (χ3n) is 11.0. The summed E-state index contributed by atoms with van der Waals surface area (Å²) in [5.74, 6) is -1.69. The summed E-state index contributed by atoms with van der Waals surface area (Å²) in [6, 6.07) is 23.9. The van der Waals surface area contributed by atoms with Crippen molar-refractivity contribution in [1.82, 2.24) is 4.90 Å². The van der Waals surface area contributed by atoms with Crippen molar-refractivity contribution in [2.24, 2.45) is 0 Å². The molecule has 4 aromatic carbocycles. The number of hydrogen-bond acceptors (Lipinski definition) is 11. The predicted octanol–water partition coefficient (Wildman–Crippen LogP) is 7.35. The lowest BCUT2D eigenvalue weighted by Gasteiger charge is -2.37. The van der Waals surface area contributed by atoms with Crippen LogP contribution in [0.15, 0.2) is 104 Å². The van der Waals surface area contributed by atoms with E-state index in [9.17, 15) is 34.0 Å². The Morgan fingerprint density at radius 2 is 1.39 bits per heavy atom. The summed E-state index contributed by atoms with van der Waals surface area (Å²) in [7, 11) is 0. The average molecular weight is 818 g/mol. The van der Waals surface area contributed by atoms with Gasteiger partial charge in [-0.3, -0.25) is 24.1 Å². The van der Waals surface area contributed by atoms with E-state index in [1.54, 1.807) is 36.4 Å². The van der Waals surface area contributed by atoms with Crippen LogP contribution in [0.25, 0.3) is 4.85 Å². The Morgan fingerprint density at radius 1 is 0.770 bits per heavy atom. The second kappa shape index (κ2) is 18.5. The highest BCUT2D eigenvalue weighted by Gasteiger charge is 2.37. The van der Waals surface area contributed by atoms with Crippen LogP contribution in [-0.4, -0.2) is 72.7 Å². The van der Waals surface area contributed by atoms with Crippen molar-refractivity contribution in [1.29, 1.82) is 5.26 Å². The molecule has 1 saturated carbocycles. The summed E-state index contributed by atoms with van der Waals surface area (Å²) >= 11 is 0. The Hall–Kier alpha value is -7.64. The number of ether oxygens (including phenoxy) is 4. The van der Waals surface area contributed by atoms with Gasteiger partial charge in [0.05, 0.1) is 43.6 Å². The highest BCUT2D eigenvalue weighted by atomic mass is 16.5. The Bertz CT molecular complexity index is 2530. The summed E-state index contributed by atoms with van der Waals surface area (Å²) in [5, 5.41) is 9.56. The first-order valence-electron chi connectivity index (χ1n) is 19.8. The van der Waals surface area contributed by atoms with Crippen LogP contribution in [0.3, 0.4) is 0 Å². The molecule has 4 aromatic rings. The van der Waals surface area contributed by atoms with Gasteiger partial charge >= 0.3 is 11.9 Å². The number of carbonyl (C=O) groups excluding carboxylic acids is 6. The van der Waals surface area contributed by atoms with E-state index in [1.807, 2.05) is 36.4 Å². The largest absolute Gasteiger partial charge is 0.494 e. The summed E-state index contributed by atoms with van der Waals surface area (Å²) in [6.45, 7) is 11.9. The molecule has 2 amide bonds. The average Bonchev–Trinajstić information content (AvgIpc) is 3.61. The molecule has 0 aromatic heterocycles. The van der Waals surface area contributed by atoms with Gasteiger partial charge in [0.2, 0.25) is 5.69 Å². The zero-order valence-corrected chi connectivity index (χ0v) is 33.0. The molecule has 2 aliphatic carbocycles. The molecule has 7 rings (SSSR count). The van der Waals surface area contributed by atoms with Gasteiger partial charge in [-0.1, -0.05) is 30.8 Å². The molecule has 1 aliphatic heterocycles. The van der Waals surface area contributed by atoms with Crippen LogP contribution < -0.4 is 9.47 Å². The molecule has 61 heavy (non-hydrogen) atoms. The number of amides is 2. The maximum atomic E-state index is 14.0. The van der Waals surface area contributed by atoms with Crippen LogP contribution in [0.4, 0.5) is 5.69 Å². The minimum absolute atomic E-state index is 0.00640. The SMILES string of the molecule is [C-]#[N+]c1cc2c(cc1C#N)C(=O)c1ccc(C3CC(OC(=O)c4ccc(OCCCN5C(=O)C=CC5=O)cc4)CCC3c3ccc(OCCCOC(=O)C=C)cc3)cc1C2=O. The van der Waals surface area contributed by atoms with E-state index in [4.69, 9.17) is 25.5 Å². The van der Waals surface area contributed by atoms with E-state index < -0.39 is 29.6 Å². The third-order valence-corrected chi connectivity index (χ3v) is 11.0. The number of ketones is 2. The number of imide groups is 1. The molecule has 3 atom stereocenters. The maximum Gasteiger partial charge on any atom is 0.338 e. The zero-order valence-electron chi connectivity index (χ0n) is 33.0. The van der Waals surface area contributed by atoms with Crippen molar-refractivity contribution in [3.05, 3.63) is 160 Å². The highest BCUT2D eigenvalue weighted by Crippen LogP contribution is 2.46. The summed E-state index contributed by atoms with van der Waals surface area (Å²) < 4.78 is 22.7. The molecule has 1 fully saturated rings.